The molecule has 2 rings (SSSR count). The van der Waals surface area contributed by atoms with E-state index in [2.05, 4.69) is 0 Å². The smallest absolute Gasteiger partial charge is 0.336 e. The van der Waals surface area contributed by atoms with Gasteiger partial charge in [-0.25, -0.2) is 4.79 Å². The molecule has 0 aliphatic carbocycles. The average Bonchev–Trinajstić information content (AvgIpc) is 2.53. The van der Waals surface area contributed by atoms with Crippen LogP contribution in [0.25, 0.3) is 11.1 Å². The van der Waals surface area contributed by atoms with E-state index in [4.69, 9.17) is 14.2 Å². The number of carbonyl (C=O) groups is 1. The lowest BCUT2D eigenvalue weighted by Crippen LogP contribution is -2.02. The summed E-state index contributed by atoms with van der Waals surface area (Å²) >= 11 is 0. The molecule has 0 aliphatic rings. The summed E-state index contributed by atoms with van der Waals surface area (Å²) in [5, 5.41) is 9.45. The molecule has 0 atom stereocenters. The zero-order valence-electron chi connectivity index (χ0n) is 13.0. The Labute approximate surface area is 129 Å². The summed E-state index contributed by atoms with van der Waals surface area (Å²) in [6.07, 6.45) is 0. The number of rotatable bonds is 5. The minimum absolute atomic E-state index is 0.213. The first-order chi connectivity index (χ1) is 10.5. The van der Waals surface area contributed by atoms with E-state index in [1.54, 1.807) is 24.3 Å². The Bertz CT molecular complexity index is 706. The van der Waals surface area contributed by atoms with Crippen molar-refractivity contribution in [2.75, 3.05) is 21.3 Å². The van der Waals surface area contributed by atoms with Crippen molar-refractivity contribution in [3.8, 4) is 28.4 Å². The zero-order valence-corrected chi connectivity index (χ0v) is 13.0. The molecule has 116 valence electrons. The van der Waals surface area contributed by atoms with Crippen LogP contribution in [0.1, 0.15) is 15.9 Å². The van der Waals surface area contributed by atoms with Crippen LogP contribution in [0, 0.1) is 6.92 Å². The minimum Gasteiger partial charge on any atom is -0.493 e. The first kappa shape index (κ1) is 15.7. The van der Waals surface area contributed by atoms with E-state index in [1.807, 2.05) is 13.0 Å². The lowest BCUT2D eigenvalue weighted by atomic mass is 9.96. The summed E-state index contributed by atoms with van der Waals surface area (Å²) in [5.41, 5.74) is 2.29. The molecule has 2 aromatic carbocycles. The van der Waals surface area contributed by atoms with Gasteiger partial charge in [-0.15, -0.1) is 0 Å². The number of carboxylic acid groups (broad SMARTS) is 1. The van der Waals surface area contributed by atoms with Crippen LogP contribution in [-0.4, -0.2) is 32.4 Å². The highest BCUT2D eigenvalue weighted by atomic mass is 16.5. The molecule has 0 bridgehead atoms. The lowest BCUT2D eigenvalue weighted by Gasteiger charge is -2.17. The molecule has 0 aliphatic heterocycles. The maximum absolute atomic E-state index is 11.5. The molecule has 22 heavy (non-hydrogen) atoms. The number of methoxy groups -OCH3 is 3. The van der Waals surface area contributed by atoms with Crippen LogP contribution in [0.15, 0.2) is 30.3 Å². The summed E-state index contributed by atoms with van der Waals surface area (Å²) < 4.78 is 16.0. The van der Waals surface area contributed by atoms with Crippen molar-refractivity contribution >= 4 is 5.97 Å². The highest BCUT2D eigenvalue weighted by molar-refractivity contribution is 5.97. The normalized spacial score (nSPS) is 10.2. The highest BCUT2D eigenvalue weighted by Crippen LogP contribution is 2.45. The Morgan fingerprint density at radius 2 is 1.55 bits per heavy atom. The number of hydrogen-bond acceptors (Lipinski definition) is 4. The van der Waals surface area contributed by atoms with Gasteiger partial charge >= 0.3 is 5.97 Å². The van der Waals surface area contributed by atoms with Crippen molar-refractivity contribution in [3.63, 3.8) is 0 Å². The maximum atomic E-state index is 11.5. The summed E-state index contributed by atoms with van der Waals surface area (Å²) in [6, 6.07) is 8.74. The predicted octanol–water partition coefficient (Wildman–Crippen LogP) is 3.39. The third-order valence-electron chi connectivity index (χ3n) is 3.40. The van der Waals surface area contributed by atoms with Gasteiger partial charge in [-0.2, -0.15) is 0 Å². The topological polar surface area (TPSA) is 65.0 Å². The van der Waals surface area contributed by atoms with Gasteiger partial charge in [0.1, 0.15) is 0 Å². The summed E-state index contributed by atoms with van der Waals surface area (Å²) in [6.45, 7) is 1.85. The molecule has 0 saturated heterocycles. The maximum Gasteiger partial charge on any atom is 0.336 e. The van der Waals surface area contributed by atoms with Crippen molar-refractivity contribution in [3.05, 3.63) is 41.5 Å². The molecule has 0 unspecified atom stereocenters. The third kappa shape index (κ3) is 2.70. The van der Waals surface area contributed by atoms with Gasteiger partial charge in [-0.1, -0.05) is 17.7 Å². The molecule has 5 heteroatoms. The molecule has 0 radical (unpaired) electrons. The van der Waals surface area contributed by atoms with Crippen LogP contribution in [-0.2, 0) is 0 Å². The fourth-order valence-corrected chi connectivity index (χ4v) is 2.38. The molecule has 0 spiro atoms. The van der Waals surface area contributed by atoms with Gasteiger partial charge < -0.3 is 19.3 Å². The van der Waals surface area contributed by atoms with Gasteiger partial charge in [0.25, 0.3) is 0 Å². The fourth-order valence-electron chi connectivity index (χ4n) is 2.38. The second-order valence-electron chi connectivity index (χ2n) is 4.74. The van der Waals surface area contributed by atoms with Gasteiger partial charge in [0.05, 0.1) is 26.9 Å². The molecule has 0 fully saturated rings. The molecular formula is C17H18O5. The van der Waals surface area contributed by atoms with E-state index >= 15 is 0 Å². The van der Waals surface area contributed by atoms with E-state index in [0.29, 0.717) is 28.4 Å². The van der Waals surface area contributed by atoms with Crippen LogP contribution in [0.4, 0.5) is 0 Å². The molecule has 2 aromatic rings. The Balaban J connectivity index is 2.75. The number of hydrogen-bond donors (Lipinski definition) is 1. The van der Waals surface area contributed by atoms with Crippen molar-refractivity contribution in [2.45, 2.75) is 6.92 Å². The molecule has 5 nitrogen and oxygen atoms in total. The van der Waals surface area contributed by atoms with Crippen LogP contribution in [0.2, 0.25) is 0 Å². The van der Waals surface area contributed by atoms with Gasteiger partial charge in [0.15, 0.2) is 11.5 Å². The van der Waals surface area contributed by atoms with Crippen LogP contribution in [0.3, 0.4) is 0 Å². The highest BCUT2D eigenvalue weighted by Gasteiger charge is 2.20. The van der Waals surface area contributed by atoms with E-state index in [9.17, 15) is 9.90 Å². The quantitative estimate of drug-likeness (QED) is 0.917. The summed E-state index contributed by atoms with van der Waals surface area (Å²) in [5.74, 6) is 0.398. The van der Waals surface area contributed by atoms with Gasteiger partial charge in [-0.3, -0.25) is 0 Å². The van der Waals surface area contributed by atoms with E-state index in [0.717, 1.165) is 5.56 Å². The molecule has 1 N–H and O–H groups in total. The second-order valence-corrected chi connectivity index (χ2v) is 4.74. The third-order valence-corrected chi connectivity index (χ3v) is 3.40. The molecule has 0 amide bonds. The summed E-state index contributed by atoms with van der Waals surface area (Å²) in [4.78, 5) is 11.5. The minimum atomic E-state index is -0.990. The number of aryl methyl sites for hydroxylation is 1. The van der Waals surface area contributed by atoms with Crippen LogP contribution in [0.5, 0.6) is 17.2 Å². The Morgan fingerprint density at radius 1 is 0.909 bits per heavy atom. The lowest BCUT2D eigenvalue weighted by molar-refractivity contribution is 0.0697. The molecule has 0 saturated carbocycles. The number of benzene rings is 2. The number of aromatic carboxylic acids is 1. The summed E-state index contributed by atoms with van der Waals surface area (Å²) in [7, 11) is 4.55. The Hall–Kier alpha value is -2.69. The zero-order chi connectivity index (χ0) is 16.3. The van der Waals surface area contributed by atoms with E-state index in [-0.39, 0.29) is 5.56 Å². The van der Waals surface area contributed by atoms with Crippen molar-refractivity contribution in [2.24, 2.45) is 0 Å². The molecule has 0 heterocycles. The standard InChI is InChI=1S/C17H18O5/c1-10-5-6-11(13(9-10)17(18)19)12-7-8-14(20-2)16(22-4)15(12)21-3/h5-9H,1-4H3,(H,18,19). The first-order valence-corrected chi connectivity index (χ1v) is 6.66. The molecule has 0 aromatic heterocycles. The Kier molecular flexibility index (Phi) is 4.56. The van der Waals surface area contributed by atoms with Crippen molar-refractivity contribution in [1.82, 2.24) is 0 Å². The largest absolute Gasteiger partial charge is 0.493 e. The van der Waals surface area contributed by atoms with Crippen molar-refractivity contribution < 1.29 is 24.1 Å². The first-order valence-electron chi connectivity index (χ1n) is 6.66. The van der Waals surface area contributed by atoms with Gasteiger partial charge in [-0.05, 0) is 25.1 Å². The van der Waals surface area contributed by atoms with Crippen LogP contribution < -0.4 is 14.2 Å². The van der Waals surface area contributed by atoms with Crippen LogP contribution >= 0.6 is 0 Å². The SMILES string of the molecule is COc1ccc(-c2ccc(C)cc2C(=O)O)c(OC)c1OC. The monoisotopic (exact) mass is 302 g/mol. The molecular weight excluding hydrogens is 284 g/mol. The van der Waals surface area contributed by atoms with Crippen molar-refractivity contribution in [1.29, 1.82) is 0 Å². The van der Waals surface area contributed by atoms with E-state index in [1.165, 1.54) is 21.3 Å². The number of carboxylic acids is 1. The predicted molar refractivity (Wildman–Crippen MR) is 83.2 cm³/mol. The van der Waals surface area contributed by atoms with Gasteiger partial charge in [0.2, 0.25) is 5.75 Å². The number of ether oxygens (including phenoxy) is 3. The Morgan fingerprint density at radius 3 is 2.09 bits per heavy atom. The van der Waals surface area contributed by atoms with E-state index < -0.39 is 5.97 Å². The second kappa shape index (κ2) is 6.39. The fraction of sp³-hybridized carbons (Fsp3) is 0.235. The van der Waals surface area contributed by atoms with Gasteiger partial charge in [0, 0.05) is 11.1 Å². The average molecular weight is 302 g/mol.